The number of carbonyl (C=O) groups excluding carboxylic acids is 1. The molecular weight excluding hydrogens is 176 g/mol. The molecule has 0 heterocycles. The Hall–Kier alpha value is -0.570. The summed E-state index contributed by atoms with van der Waals surface area (Å²) in [4.78, 5) is 11.7. The highest BCUT2D eigenvalue weighted by molar-refractivity contribution is 5.78. The normalized spacial score (nSPS) is 20.2. The van der Waals surface area contributed by atoms with Crippen LogP contribution < -0.4 is 11.1 Å². The van der Waals surface area contributed by atoms with Gasteiger partial charge in [0.1, 0.15) is 0 Å². The largest absolute Gasteiger partial charge is 0.352 e. The van der Waals surface area contributed by atoms with Crippen LogP contribution in [0.4, 0.5) is 0 Å². The van der Waals surface area contributed by atoms with Gasteiger partial charge in [0.25, 0.3) is 0 Å². The second-order valence-corrected chi connectivity index (χ2v) is 4.38. The van der Waals surface area contributed by atoms with E-state index in [-0.39, 0.29) is 17.9 Å². The summed E-state index contributed by atoms with van der Waals surface area (Å²) < 4.78 is 0. The number of hydrogen-bond acceptors (Lipinski definition) is 2. The number of carbonyl (C=O) groups is 1. The van der Waals surface area contributed by atoms with E-state index >= 15 is 0 Å². The molecule has 1 aliphatic rings. The fraction of sp³-hybridized carbons (Fsp3) is 0.909. The molecule has 1 fully saturated rings. The Labute approximate surface area is 86.4 Å². The Balaban J connectivity index is 2.29. The summed E-state index contributed by atoms with van der Waals surface area (Å²) >= 11 is 0. The number of hydrogen-bond donors (Lipinski definition) is 2. The molecule has 14 heavy (non-hydrogen) atoms. The minimum absolute atomic E-state index is 0.132. The van der Waals surface area contributed by atoms with E-state index in [4.69, 9.17) is 5.73 Å². The predicted octanol–water partition coefficient (Wildman–Crippen LogP) is 1.28. The van der Waals surface area contributed by atoms with Crippen LogP contribution in [0.5, 0.6) is 0 Å². The molecule has 3 nitrogen and oxygen atoms in total. The lowest BCUT2D eigenvalue weighted by molar-refractivity contribution is -0.125. The molecule has 3 N–H and O–H groups in total. The van der Waals surface area contributed by atoms with Crippen LogP contribution in [0, 0.1) is 11.8 Å². The summed E-state index contributed by atoms with van der Waals surface area (Å²) in [5, 5.41) is 3.05. The minimum Gasteiger partial charge on any atom is -0.352 e. The van der Waals surface area contributed by atoms with Crippen LogP contribution in [0.15, 0.2) is 0 Å². The van der Waals surface area contributed by atoms with Gasteiger partial charge in [0, 0.05) is 18.5 Å². The van der Waals surface area contributed by atoms with Crippen molar-refractivity contribution in [3.05, 3.63) is 0 Å². The Kier molecular flexibility index (Phi) is 4.39. The minimum atomic E-state index is 0.132. The molecule has 3 heteroatoms. The van der Waals surface area contributed by atoms with Crippen LogP contribution in [0.3, 0.4) is 0 Å². The van der Waals surface area contributed by atoms with Crippen molar-refractivity contribution in [1.29, 1.82) is 0 Å². The zero-order valence-corrected chi connectivity index (χ0v) is 9.25. The van der Waals surface area contributed by atoms with Crippen molar-refractivity contribution in [2.75, 3.05) is 6.54 Å². The molecular formula is C11H22N2O. The third-order valence-corrected chi connectivity index (χ3v) is 2.94. The van der Waals surface area contributed by atoms with Gasteiger partial charge in [-0.05, 0) is 25.2 Å². The van der Waals surface area contributed by atoms with Gasteiger partial charge in [0.05, 0.1) is 0 Å². The highest BCUT2D eigenvalue weighted by Gasteiger charge is 2.31. The topological polar surface area (TPSA) is 55.1 Å². The molecule has 1 saturated carbocycles. The fourth-order valence-corrected chi connectivity index (χ4v) is 1.76. The van der Waals surface area contributed by atoms with Crippen molar-refractivity contribution in [3.63, 3.8) is 0 Å². The van der Waals surface area contributed by atoms with E-state index in [1.807, 2.05) is 6.92 Å². The van der Waals surface area contributed by atoms with E-state index < -0.39 is 0 Å². The molecule has 2 unspecified atom stereocenters. The molecule has 0 bridgehead atoms. The smallest absolute Gasteiger partial charge is 0.223 e. The molecule has 0 radical (unpaired) electrons. The SMILES string of the molecule is CCCC(C)C(=O)NC(CN)C1CC1. The lowest BCUT2D eigenvalue weighted by Crippen LogP contribution is -2.43. The standard InChI is InChI=1S/C11H22N2O/c1-3-4-8(2)11(14)13-10(7-12)9-5-6-9/h8-10H,3-7,12H2,1-2H3,(H,13,14). The van der Waals surface area contributed by atoms with Gasteiger partial charge < -0.3 is 11.1 Å². The first-order chi connectivity index (χ1) is 6.69. The first-order valence-corrected chi connectivity index (χ1v) is 5.69. The summed E-state index contributed by atoms with van der Waals surface area (Å²) in [6.45, 7) is 4.67. The van der Waals surface area contributed by atoms with Crippen molar-refractivity contribution in [1.82, 2.24) is 5.32 Å². The van der Waals surface area contributed by atoms with Crippen LogP contribution in [-0.4, -0.2) is 18.5 Å². The van der Waals surface area contributed by atoms with Gasteiger partial charge in [0.15, 0.2) is 0 Å². The van der Waals surface area contributed by atoms with Crippen molar-refractivity contribution < 1.29 is 4.79 Å². The van der Waals surface area contributed by atoms with E-state index in [0.29, 0.717) is 12.5 Å². The molecule has 82 valence electrons. The number of nitrogens with one attached hydrogen (secondary N) is 1. The van der Waals surface area contributed by atoms with Crippen LogP contribution in [0.25, 0.3) is 0 Å². The lowest BCUT2D eigenvalue weighted by Gasteiger charge is -2.18. The number of rotatable bonds is 6. The highest BCUT2D eigenvalue weighted by atomic mass is 16.1. The first-order valence-electron chi connectivity index (χ1n) is 5.69. The van der Waals surface area contributed by atoms with Crippen LogP contribution in [0.2, 0.25) is 0 Å². The quantitative estimate of drug-likeness (QED) is 0.675. The van der Waals surface area contributed by atoms with Crippen molar-refractivity contribution >= 4 is 5.91 Å². The Morgan fingerprint density at radius 3 is 2.64 bits per heavy atom. The first kappa shape index (κ1) is 11.5. The third kappa shape index (κ3) is 3.29. The van der Waals surface area contributed by atoms with Gasteiger partial charge in [-0.25, -0.2) is 0 Å². The summed E-state index contributed by atoms with van der Waals surface area (Å²) in [7, 11) is 0. The highest BCUT2D eigenvalue weighted by Crippen LogP contribution is 2.32. The van der Waals surface area contributed by atoms with E-state index in [0.717, 1.165) is 12.8 Å². The van der Waals surface area contributed by atoms with E-state index in [1.165, 1.54) is 12.8 Å². The van der Waals surface area contributed by atoms with E-state index in [2.05, 4.69) is 12.2 Å². The third-order valence-electron chi connectivity index (χ3n) is 2.94. The van der Waals surface area contributed by atoms with Gasteiger partial charge in [-0.3, -0.25) is 4.79 Å². The van der Waals surface area contributed by atoms with Crippen molar-refractivity contribution in [3.8, 4) is 0 Å². The van der Waals surface area contributed by atoms with Crippen LogP contribution >= 0.6 is 0 Å². The van der Waals surface area contributed by atoms with E-state index in [9.17, 15) is 4.79 Å². The van der Waals surface area contributed by atoms with Gasteiger partial charge in [-0.1, -0.05) is 20.3 Å². The zero-order valence-electron chi connectivity index (χ0n) is 9.25. The molecule has 1 amide bonds. The summed E-state index contributed by atoms with van der Waals surface area (Å²) in [6, 6.07) is 0.224. The number of nitrogens with two attached hydrogens (primary N) is 1. The van der Waals surface area contributed by atoms with Gasteiger partial charge in [-0.15, -0.1) is 0 Å². The van der Waals surface area contributed by atoms with Gasteiger partial charge in [0.2, 0.25) is 5.91 Å². The fourth-order valence-electron chi connectivity index (χ4n) is 1.76. The maximum atomic E-state index is 11.7. The van der Waals surface area contributed by atoms with Crippen LogP contribution in [0.1, 0.15) is 39.5 Å². The molecule has 1 rings (SSSR count). The molecule has 1 aliphatic carbocycles. The van der Waals surface area contributed by atoms with Gasteiger partial charge in [-0.2, -0.15) is 0 Å². The molecule has 0 aromatic carbocycles. The average molecular weight is 198 g/mol. The predicted molar refractivity (Wildman–Crippen MR) is 57.8 cm³/mol. The average Bonchev–Trinajstić information content (AvgIpc) is 2.97. The van der Waals surface area contributed by atoms with Gasteiger partial charge >= 0.3 is 0 Å². The van der Waals surface area contributed by atoms with Crippen molar-refractivity contribution in [2.45, 2.75) is 45.6 Å². The monoisotopic (exact) mass is 198 g/mol. The summed E-state index contributed by atoms with van der Waals surface area (Å²) in [5.74, 6) is 0.958. The molecule has 0 aromatic rings. The van der Waals surface area contributed by atoms with Crippen LogP contribution in [-0.2, 0) is 4.79 Å². The molecule has 0 spiro atoms. The van der Waals surface area contributed by atoms with E-state index in [1.54, 1.807) is 0 Å². The second kappa shape index (κ2) is 5.35. The van der Waals surface area contributed by atoms with Crippen molar-refractivity contribution in [2.24, 2.45) is 17.6 Å². The summed E-state index contributed by atoms with van der Waals surface area (Å²) in [5.41, 5.74) is 5.62. The maximum absolute atomic E-state index is 11.7. The lowest BCUT2D eigenvalue weighted by atomic mass is 10.0. The Bertz CT molecular complexity index is 190. The zero-order chi connectivity index (χ0) is 10.6. The molecule has 0 aromatic heterocycles. The Morgan fingerprint density at radius 2 is 2.21 bits per heavy atom. The second-order valence-electron chi connectivity index (χ2n) is 4.38. The molecule has 2 atom stereocenters. The molecule has 0 saturated heterocycles. The Morgan fingerprint density at radius 1 is 1.57 bits per heavy atom. The summed E-state index contributed by atoms with van der Waals surface area (Å²) in [6.07, 6.45) is 4.48. The molecule has 0 aliphatic heterocycles. The maximum Gasteiger partial charge on any atom is 0.223 e. The number of amides is 1.